The van der Waals surface area contributed by atoms with Crippen LogP contribution < -0.4 is 5.32 Å². The van der Waals surface area contributed by atoms with Crippen LogP contribution in [0.5, 0.6) is 0 Å². The molecule has 0 spiro atoms. The highest BCUT2D eigenvalue weighted by molar-refractivity contribution is 8.01. The van der Waals surface area contributed by atoms with Gasteiger partial charge in [0.15, 0.2) is 0 Å². The van der Waals surface area contributed by atoms with Crippen LogP contribution in [-0.4, -0.2) is 55.6 Å². The molecule has 2 aliphatic heterocycles. The van der Waals surface area contributed by atoms with Gasteiger partial charge in [0.2, 0.25) is 11.8 Å². The van der Waals surface area contributed by atoms with Crippen LogP contribution in [0, 0.1) is 5.92 Å². The molecule has 0 aromatic heterocycles. The number of carbonyl (C=O) groups is 3. The summed E-state index contributed by atoms with van der Waals surface area (Å²) in [6.07, 6.45) is -1.45. The second kappa shape index (κ2) is 7.65. The molecule has 2 saturated heterocycles. The maximum absolute atomic E-state index is 12.8. The summed E-state index contributed by atoms with van der Waals surface area (Å²) in [5.74, 6) is -2.32. The van der Waals surface area contributed by atoms with E-state index in [4.69, 9.17) is 4.74 Å². The van der Waals surface area contributed by atoms with E-state index in [9.17, 15) is 19.5 Å². The van der Waals surface area contributed by atoms with Gasteiger partial charge in [0.05, 0.1) is 5.37 Å². The highest BCUT2D eigenvalue weighted by Crippen LogP contribution is 2.54. The zero-order chi connectivity index (χ0) is 21.6. The van der Waals surface area contributed by atoms with Gasteiger partial charge in [-0.05, 0) is 40.2 Å². The number of nitrogens with one attached hydrogen (secondary N) is 1. The third-order valence-corrected chi connectivity index (χ3v) is 6.63. The molecule has 2 N–H and O–H groups in total. The van der Waals surface area contributed by atoms with Crippen LogP contribution in [0.1, 0.15) is 40.2 Å². The highest BCUT2D eigenvalue weighted by Gasteiger charge is 2.66. The fourth-order valence-electron chi connectivity index (χ4n) is 3.73. The Labute approximate surface area is 175 Å². The average Bonchev–Trinajstić information content (AvgIpc) is 2.86. The first-order chi connectivity index (χ1) is 13.4. The summed E-state index contributed by atoms with van der Waals surface area (Å²) in [7, 11) is 0. The number of carbonyl (C=O) groups excluding carboxylic acids is 3. The van der Waals surface area contributed by atoms with Crippen molar-refractivity contribution in [2.24, 2.45) is 5.92 Å². The van der Waals surface area contributed by atoms with Gasteiger partial charge in [0, 0.05) is 10.3 Å². The molecule has 29 heavy (non-hydrogen) atoms. The van der Waals surface area contributed by atoms with E-state index in [2.05, 4.69) is 5.32 Å². The Kier molecular flexibility index (Phi) is 5.71. The molecule has 0 unspecified atom stereocenters. The molecule has 0 bridgehead atoms. The summed E-state index contributed by atoms with van der Waals surface area (Å²) >= 11 is 1.42. The Balaban J connectivity index is 1.69. The van der Waals surface area contributed by atoms with Crippen LogP contribution in [0.15, 0.2) is 30.3 Å². The number of aliphatic hydroxyl groups excluding tert-OH is 1. The smallest absolute Gasteiger partial charge is 0.330 e. The summed E-state index contributed by atoms with van der Waals surface area (Å²) in [6, 6.07) is 8.57. The van der Waals surface area contributed by atoms with Crippen LogP contribution in [-0.2, 0) is 25.7 Å². The van der Waals surface area contributed by atoms with Crippen molar-refractivity contribution in [3.63, 3.8) is 0 Å². The van der Waals surface area contributed by atoms with Gasteiger partial charge >= 0.3 is 5.97 Å². The number of hydrogen-bond acceptors (Lipinski definition) is 6. The lowest BCUT2D eigenvalue weighted by atomic mass is 9.87. The minimum absolute atomic E-state index is 0.129. The lowest BCUT2D eigenvalue weighted by Gasteiger charge is -2.45. The molecule has 1 aromatic carbocycles. The van der Waals surface area contributed by atoms with Crippen LogP contribution in [0.25, 0.3) is 0 Å². The Morgan fingerprint density at radius 3 is 2.48 bits per heavy atom. The molecule has 3 rings (SSSR count). The zero-order valence-corrected chi connectivity index (χ0v) is 18.2. The third-order valence-electron chi connectivity index (χ3n) is 5.04. The van der Waals surface area contributed by atoms with E-state index >= 15 is 0 Å². The number of rotatable bonds is 5. The molecule has 7 nitrogen and oxygen atoms in total. The number of esters is 1. The molecule has 8 heteroatoms. The van der Waals surface area contributed by atoms with Crippen molar-refractivity contribution in [2.45, 2.75) is 69.0 Å². The maximum atomic E-state index is 12.8. The lowest BCUT2D eigenvalue weighted by molar-refractivity contribution is -0.174. The van der Waals surface area contributed by atoms with Crippen molar-refractivity contribution < 1.29 is 24.2 Å². The molecule has 2 heterocycles. The van der Waals surface area contributed by atoms with Gasteiger partial charge in [0.25, 0.3) is 0 Å². The van der Waals surface area contributed by atoms with E-state index < -0.39 is 51.5 Å². The molecule has 2 aliphatic rings. The first kappa shape index (κ1) is 21.6. The quantitative estimate of drug-likeness (QED) is 0.556. The number of amides is 2. The molecular weight excluding hydrogens is 392 g/mol. The summed E-state index contributed by atoms with van der Waals surface area (Å²) in [4.78, 5) is 39.4. The van der Waals surface area contributed by atoms with Gasteiger partial charge in [-0.25, -0.2) is 4.79 Å². The molecule has 1 aromatic rings. The van der Waals surface area contributed by atoms with E-state index in [1.807, 2.05) is 44.2 Å². The molecular formula is C21H28N2O5S. The molecule has 2 amide bonds. The predicted molar refractivity (Wildman–Crippen MR) is 110 cm³/mol. The summed E-state index contributed by atoms with van der Waals surface area (Å²) in [5, 5.41) is 12.7. The number of thioether (sulfide) groups is 1. The summed E-state index contributed by atoms with van der Waals surface area (Å²) in [6.45, 7) is 9.28. The second-order valence-electron chi connectivity index (χ2n) is 9.06. The topological polar surface area (TPSA) is 95.9 Å². The first-order valence-electron chi connectivity index (χ1n) is 9.63. The largest absolute Gasteiger partial charge is 0.459 e. The van der Waals surface area contributed by atoms with Crippen LogP contribution in [0.3, 0.4) is 0 Å². The van der Waals surface area contributed by atoms with E-state index in [0.29, 0.717) is 0 Å². The minimum atomic E-state index is -1.45. The summed E-state index contributed by atoms with van der Waals surface area (Å²) in [5.41, 5.74) is 0.346. The van der Waals surface area contributed by atoms with Gasteiger partial charge in [-0.2, -0.15) is 0 Å². The number of benzene rings is 1. The molecule has 0 aliphatic carbocycles. The third kappa shape index (κ3) is 4.28. The highest BCUT2D eigenvalue weighted by atomic mass is 32.2. The lowest BCUT2D eigenvalue weighted by Crippen LogP contribution is -2.67. The predicted octanol–water partition coefficient (Wildman–Crippen LogP) is 1.68. The monoisotopic (exact) mass is 420 g/mol. The van der Waals surface area contributed by atoms with E-state index in [1.165, 1.54) is 16.7 Å². The average molecular weight is 421 g/mol. The number of hydrogen-bond donors (Lipinski definition) is 2. The number of ether oxygens (including phenoxy) is 1. The number of nitrogens with zero attached hydrogens (tertiary/aromatic N) is 1. The number of aliphatic hydroxyl groups is 1. The zero-order valence-electron chi connectivity index (χ0n) is 17.3. The standard InChI is InChI=1S/C21H28N2O5S/c1-20(2,3)22-16(25)14(24)13-17(26)23-15(21(4,5)29-18(13)23)19(27)28-11-12-9-7-6-8-10-12/h6-10,13-15,18,24H,11H2,1-5H3,(H,22,25)/t13-,14+,15+,18-/m1/s1. The minimum Gasteiger partial charge on any atom is -0.459 e. The molecule has 0 saturated carbocycles. The molecule has 2 fully saturated rings. The van der Waals surface area contributed by atoms with Crippen molar-refractivity contribution in [1.82, 2.24) is 10.2 Å². The maximum Gasteiger partial charge on any atom is 0.330 e. The van der Waals surface area contributed by atoms with Crippen LogP contribution >= 0.6 is 11.8 Å². The van der Waals surface area contributed by atoms with Crippen LogP contribution in [0.2, 0.25) is 0 Å². The Hall–Kier alpha value is -2.06. The normalized spacial score (nSPS) is 26.3. The summed E-state index contributed by atoms with van der Waals surface area (Å²) < 4.78 is 4.88. The second-order valence-corrected chi connectivity index (χ2v) is 10.8. The van der Waals surface area contributed by atoms with Gasteiger partial charge in [0.1, 0.15) is 24.7 Å². The fourth-order valence-corrected chi connectivity index (χ4v) is 5.44. The molecule has 0 radical (unpaired) electrons. The van der Waals surface area contributed by atoms with Crippen molar-refractivity contribution in [3.05, 3.63) is 35.9 Å². The fraction of sp³-hybridized carbons (Fsp3) is 0.571. The SMILES string of the molecule is CC(C)(C)NC(=O)[C@@H](O)[C@@H]1C(=O)N2[C@@H]1SC(C)(C)[C@@H]2C(=O)OCc1ccccc1. The number of fused-ring (bicyclic) bond motifs is 1. The van der Waals surface area contributed by atoms with E-state index in [1.54, 1.807) is 20.8 Å². The van der Waals surface area contributed by atoms with Gasteiger partial charge in [-0.1, -0.05) is 30.3 Å². The first-order valence-corrected chi connectivity index (χ1v) is 10.5. The van der Waals surface area contributed by atoms with E-state index in [0.717, 1.165) is 5.56 Å². The van der Waals surface area contributed by atoms with Gasteiger partial charge in [-0.3, -0.25) is 9.59 Å². The Morgan fingerprint density at radius 2 is 1.90 bits per heavy atom. The van der Waals surface area contributed by atoms with E-state index in [-0.39, 0.29) is 6.61 Å². The van der Waals surface area contributed by atoms with Gasteiger partial charge < -0.3 is 20.1 Å². The molecule has 4 atom stereocenters. The van der Waals surface area contributed by atoms with Crippen molar-refractivity contribution in [1.29, 1.82) is 0 Å². The van der Waals surface area contributed by atoms with Crippen molar-refractivity contribution >= 4 is 29.5 Å². The Bertz CT molecular complexity index is 805. The van der Waals surface area contributed by atoms with Crippen molar-refractivity contribution in [2.75, 3.05) is 0 Å². The van der Waals surface area contributed by atoms with Crippen LogP contribution in [0.4, 0.5) is 0 Å². The Morgan fingerprint density at radius 1 is 1.28 bits per heavy atom. The van der Waals surface area contributed by atoms with Gasteiger partial charge in [-0.15, -0.1) is 11.8 Å². The number of β-lactam (4-membered cyclic amide) rings is 1. The molecule has 158 valence electrons. The van der Waals surface area contributed by atoms with Crippen molar-refractivity contribution in [3.8, 4) is 0 Å².